The topological polar surface area (TPSA) is 63.2 Å². The van der Waals surface area contributed by atoms with Gasteiger partial charge in [0.25, 0.3) is 0 Å². The second-order valence-corrected chi connectivity index (χ2v) is 6.12. The van der Waals surface area contributed by atoms with Gasteiger partial charge in [-0.2, -0.15) is 0 Å². The van der Waals surface area contributed by atoms with Gasteiger partial charge in [0, 0.05) is 22.8 Å². The predicted molar refractivity (Wildman–Crippen MR) is 88.0 cm³/mol. The van der Waals surface area contributed by atoms with E-state index in [1.807, 2.05) is 29.6 Å². The molecule has 6 heteroatoms. The summed E-state index contributed by atoms with van der Waals surface area (Å²) in [6.45, 7) is 2.02. The molecule has 1 aliphatic heterocycles. The first-order valence-electron chi connectivity index (χ1n) is 7.43. The van der Waals surface area contributed by atoms with Crippen LogP contribution in [0.3, 0.4) is 0 Å². The van der Waals surface area contributed by atoms with E-state index in [1.165, 1.54) is 0 Å². The molecule has 1 aliphatic rings. The molecule has 0 bridgehead atoms. The second kappa shape index (κ2) is 7.49. The van der Waals surface area contributed by atoms with Gasteiger partial charge < -0.3 is 15.4 Å². The van der Waals surface area contributed by atoms with E-state index in [2.05, 4.69) is 15.6 Å². The Labute approximate surface area is 133 Å². The van der Waals surface area contributed by atoms with Gasteiger partial charge in [0.1, 0.15) is 11.6 Å². The molecule has 116 valence electrons. The van der Waals surface area contributed by atoms with Crippen LogP contribution in [-0.4, -0.2) is 36.7 Å². The number of nitrogens with one attached hydrogen (secondary N) is 2. The third kappa shape index (κ3) is 4.13. The fourth-order valence-electron chi connectivity index (χ4n) is 2.45. The maximum atomic E-state index is 12.0. The Bertz CT molecular complexity index is 610. The van der Waals surface area contributed by atoms with E-state index < -0.39 is 0 Å². The molecule has 1 amide bonds. The first-order valence-corrected chi connectivity index (χ1v) is 8.31. The number of amides is 1. The molecule has 1 aromatic heterocycles. The van der Waals surface area contributed by atoms with Gasteiger partial charge in [0.15, 0.2) is 0 Å². The number of hydrogen-bond acceptors (Lipinski definition) is 5. The molecule has 2 N–H and O–H groups in total. The van der Waals surface area contributed by atoms with Crippen molar-refractivity contribution in [3.8, 4) is 10.6 Å². The zero-order valence-electron chi connectivity index (χ0n) is 12.2. The molecule has 0 spiro atoms. The van der Waals surface area contributed by atoms with Gasteiger partial charge in [-0.05, 0) is 38.1 Å². The van der Waals surface area contributed by atoms with Gasteiger partial charge in [-0.25, -0.2) is 4.98 Å². The van der Waals surface area contributed by atoms with Crippen molar-refractivity contribution in [2.24, 2.45) is 0 Å². The normalized spacial score (nSPS) is 15.6. The molecule has 1 saturated heterocycles. The molecule has 3 rings (SSSR count). The Kier molecular flexibility index (Phi) is 5.15. The molecule has 0 unspecified atom stereocenters. The minimum atomic E-state index is -0.116. The number of benzene rings is 1. The van der Waals surface area contributed by atoms with Crippen molar-refractivity contribution in [1.82, 2.24) is 10.3 Å². The highest BCUT2D eigenvalue weighted by Crippen LogP contribution is 2.24. The van der Waals surface area contributed by atoms with Crippen LogP contribution in [0.1, 0.15) is 12.8 Å². The average molecular weight is 317 g/mol. The van der Waals surface area contributed by atoms with Gasteiger partial charge in [-0.3, -0.25) is 4.79 Å². The molecule has 1 fully saturated rings. The monoisotopic (exact) mass is 317 g/mol. The first kappa shape index (κ1) is 15.1. The highest BCUT2D eigenvalue weighted by Gasteiger charge is 2.15. The fraction of sp³-hybridized carbons (Fsp3) is 0.375. The third-order valence-corrected chi connectivity index (χ3v) is 4.38. The van der Waals surface area contributed by atoms with E-state index in [0.29, 0.717) is 0 Å². The lowest BCUT2D eigenvalue weighted by molar-refractivity contribution is -0.123. The molecule has 2 aromatic rings. The zero-order chi connectivity index (χ0) is 15.2. The van der Waals surface area contributed by atoms with Crippen LogP contribution >= 0.6 is 11.3 Å². The summed E-state index contributed by atoms with van der Waals surface area (Å²) in [7, 11) is 0. The lowest BCUT2D eigenvalue weighted by Crippen LogP contribution is -2.34. The quantitative estimate of drug-likeness (QED) is 0.889. The van der Waals surface area contributed by atoms with Crippen molar-refractivity contribution >= 4 is 22.9 Å². The number of anilines is 1. The summed E-state index contributed by atoms with van der Waals surface area (Å²) in [5, 5.41) is 9.04. The Morgan fingerprint density at radius 1 is 1.41 bits per heavy atom. The molecule has 22 heavy (non-hydrogen) atoms. The number of piperidine rings is 1. The van der Waals surface area contributed by atoms with Gasteiger partial charge in [0.2, 0.25) is 5.91 Å². The minimum Gasteiger partial charge on any atom is -0.368 e. The van der Waals surface area contributed by atoms with Crippen LogP contribution in [0.15, 0.2) is 35.8 Å². The summed E-state index contributed by atoms with van der Waals surface area (Å²) in [6, 6.07) is 7.71. The third-order valence-electron chi connectivity index (χ3n) is 3.56. The number of carbonyl (C=O) groups is 1. The van der Waals surface area contributed by atoms with Crippen LogP contribution in [0.5, 0.6) is 0 Å². The molecule has 0 radical (unpaired) electrons. The summed E-state index contributed by atoms with van der Waals surface area (Å²) >= 11 is 1.58. The highest BCUT2D eigenvalue weighted by atomic mass is 32.1. The molecule has 5 nitrogen and oxygen atoms in total. The number of rotatable bonds is 5. The van der Waals surface area contributed by atoms with Crippen molar-refractivity contribution in [2.75, 3.05) is 25.0 Å². The van der Waals surface area contributed by atoms with Crippen LogP contribution in [0.25, 0.3) is 10.6 Å². The number of carbonyl (C=O) groups excluding carboxylic acids is 1. The average Bonchev–Trinajstić information content (AvgIpc) is 3.09. The van der Waals surface area contributed by atoms with Gasteiger partial charge in [-0.1, -0.05) is 12.1 Å². The van der Waals surface area contributed by atoms with Crippen LogP contribution in [0, 0.1) is 0 Å². The largest absolute Gasteiger partial charge is 0.368 e. The lowest BCUT2D eigenvalue weighted by atomic mass is 10.1. The van der Waals surface area contributed by atoms with E-state index in [1.54, 1.807) is 17.5 Å². The molecular formula is C16H19N3O2S. The molecule has 0 atom stereocenters. The SMILES string of the molecule is O=C(COC1CCNCC1)Nc1cccc(-c2nccs2)c1. The molecule has 0 aliphatic carbocycles. The van der Waals surface area contributed by atoms with Crippen molar-refractivity contribution in [3.05, 3.63) is 35.8 Å². The van der Waals surface area contributed by atoms with E-state index in [-0.39, 0.29) is 18.6 Å². The Balaban J connectivity index is 1.54. The number of hydrogen-bond donors (Lipinski definition) is 2. The van der Waals surface area contributed by atoms with Crippen molar-refractivity contribution in [2.45, 2.75) is 18.9 Å². The van der Waals surface area contributed by atoms with Crippen LogP contribution in [0.2, 0.25) is 0 Å². The minimum absolute atomic E-state index is 0.103. The molecular weight excluding hydrogens is 298 g/mol. The first-order chi connectivity index (χ1) is 10.8. The van der Waals surface area contributed by atoms with Gasteiger partial charge >= 0.3 is 0 Å². The van der Waals surface area contributed by atoms with Crippen molar-refractivity contribution in [1.29, 1.82) is 0 Å². The Morgan fingerprint density at radius 3 is 3.05 bits per heavy atom. The summed E-state index contributed by atoms with van der Waals surface area (Å²) in [5.41, 5.74) is 1.78. The van der Waals surface area contributed by atoms with Crippen LogP contribution < -0.4 is 10.6 Å². The van der Waals surface area contributed by atoms with Crippen molar-refractivity contribution in [3.63, 3.8) is 0 Å². The van der Waals surface area contributed by atoms with E-state index >= 15 is 0 Å². The summed E-state index contributed by atoms with van der Waals surface area (Å²) in [5.74, 6) is -0.116. The lowest BCUT2D eigenvalue weighted by Gasteiger charge is -2.22. The number of ether oxygens (including phenoxy) is 1. The van der Waals surface area contributed by atoms with Crippen LogP contribution in [0.4, 0.5) is 5.69 Å². The summed E-state index contributed by atoms with van der Waals surface area (Å²) in [6.07, 6.45) is 3.89. The Morgan fingerprint density at radius 2 is 2.27 bits per heavy atom. The maximum absolute atomic E-state index is 12.0. The fourth-order valence-corrected chi connectivity index (χ4v) is 3.08. The van der Waals surface area contributed by atoms with E-state index in [0.717, 1.165) is 42.2 Å². The summed E-state index contributed by atoms with van der Waals surface area (Å²) < 4.78 is 5.66. The maximum Gasteiger partial charge on any atom is 0.250 e. The molecule has 1 aromatic carbocycles. The second-order valence-electron chi connectivity index (χ2n) is 5.23. The number of aromatic nitrogens is 1. The van der Waals surface area contributed by atoms with E-state index in [9.17, 15) is 4.79 Å². The molecule has 2 heterocycles. The zero-order valence-corrected chi connectivity index (χ0v) is 13.1. The summed E-state index contributed by atoms with van der Waals surface area (Å²) in [4.78, 5) is 16.3. The van der Waals surface area contributed by atoms with Gasteiger partial charge in [-0.15, -0.1) is 11.3 Å². The number of thiazole rings is 1. The predicted octanol–water partition coefficient (Wildman–Crippen LogP) is 2.52. The molecule has 0 saturated carbocycles. The number of nitrogens with zero attached hydrogens (tertiary/aromatic N) is 1. The van der Waals surface area contributed by atoms with Gasteiger partial charge in [0.05, 0.1) is 6.10 Å². The Hall–Kier alpha value is -1.76. The van der Waals surface area contributed by atoms with E-state index in [4.69, 9.17) is 4.74 Å². The highest BCUT2D eigenvalue weighted by molar-refractivity contribution is 7.13. The smallest absolute Gasteiger partial charge is 0.250 e. The van der Waals surface area contributed by atoms with Crippen LogP contribution in [-0.2, 0) is 9.53 Å². The van der Waals surface area contributed by atoms with Crippen molar-refractivity contribution < 1.29 is 9.53 Å². The standard InChI is InChI=1S/C16H19N3O2S/c20-15(11-21-14-4-6-17-7-5-14)19-13-3-1-2-12(10-13)16-18-8-9-22-16/h1-3,8-10,14,17H,4-7,11H2,(H,19,20).